The van der Waals surface area contributed by atoms with Crippen molar-refractivity contribution >= 4 is 17.4 Å². The maximum atomic E-state index is 11.9. The average molecular weight is 226 g/mol. The summed E-state index contributed by atoms with van der Waals surface area (Å²) in [5, 5.41) is 10.8. The molecule has 0 aromatic heterocycles. The van der Waals surface area contributed by atoms with Gasteiger partial charge in [0.15, 0.2) is 6.17 Å². The standard InChI is InChI=1S/C12H10N4O/c1-7-13-11-9(12(17)14-7)10(15-16-11)8-5-3-2-4-6-8/h2-6,11H,1H3,(H,13,14,17). The van der Waals surface area contributed by atoms with Crippen LogP contribution in [0.1, 0.15) is 12.5 Å². The first-order valence-electron chi connectivity index (χ1n) is 5.32. The van der Waals surface area contributed by atoms with Gasteiger partial charge in [-0.15, -0.1) is 0 Å². The van der Waals surface area contributed by atoms with Gasteiger partial charge in [0.1, 0.15) is 11.5 Å². The Morgan fingerprint density at radius 1 is 1.24 bits per heavy atom. The monoisotopic (exact) mass is 226 g/mol. The van der Waals surface area contributed by atoms with Crippen LogP contribution in [-0.2, 0) is 4.79 Å². The molecule has 1 amide bonds. The van der Waals surface area contributed by atoms with E-state index in [1.807, 2.05) is 30.3 Å². The molecule has 17 heavy (non-hydrogen) atoms. The minimum atomic E-state index is -0.473. The van der Waals surface area contributed by atoms with Crippen molar-refractivity contribution < 1.29 is 4.79 Å². The lowest BCUT2D eigenvalue weighted by atomic mass is 10.0. The van der Waals surface area contributed by atoms with Crippen LogP contribution in [0.4, 0.5) is 0 Å². The van der Waals surface area contributed by atoms with Crippen LogP contribution in [0.25, 0.3) is 5.70 Å². The summed E-state index contributed by atoms with van der Waals surface area (Å²) < 4.78 is 0. The van der Waals surface area contributed by atoms with Crippen LogP contribution in [0.5, 0.6) is 0 Å². The Morgan fingerprint density at radius 2 is 2.00 bits per heavy atom. The maximum absolute atomic E-state index is 11.9. The van der Waals surface area contributed by atoms with Crippen molar-refractivity contribution in [3.63, 3.8) is 0 Å². The summed E-state index contributed by atoms with van der Waals surface area (Å²) in [5.74, 6) is 0.420. The topological polar surface area (TPSA) is 66.2 Å². The highest BCUT2D eigenvalue weighted by Crippen LogP contribution is 2.32. The summed E-state index contributed by atoms with van der Waals surface area (Å²) in [7, 11) is 0. The highest BCUT2D eigenvalue weighted by molar-refractivity contribution is 6.12. The summed E-state index contributed by atoms with van der Waals surface area (Å²) in [4.78, 5) is 16.1. The number of aliphatic imine (C=N–C) groups is 1. The first-order valence-corrected chi connectivity index (χ1v) is 5.32. The number of hydrogen-bond donors (Lipinski definition) is 1. The molecule has 5 nitrogen and oxygen atoms in total. The number of azo groups is 1. The number of fused-ring (bicyclic) bond motifs is 1. The van der Waals surface area contributed by atoms with Crippen molar-refractivity contribution in [1.29, 1.82) is 0 Å². The minimum absolute atomic E-state index is 0.161. The van der Waals surface area contributed by atoms with Crippen LogP contribution in [0.2, 0.25) is 0 Å². The number of nitrogens with one attached hydrogen (secondary N) is 1. The van der Waals surface area contributed by atoms with Gasteiger partial charge in [-0.1, -0.05) is 30.3 Å². The van der Waals surface area contributed by atoms with E-state index in [2.05, 4.69) is 20.5 Å². The molecule has 1 aromatic carbocycles. The lowest BCUT2D eigenvalue weighted by Gasteiger charge is -2.15. The van der Waals surface area contributed by atoms with E-state index in [1.54, 1.807) is 6.92 Å². The second-order valence-electron chi connectivity index (χ2n) is 3.89. The quantitative estimate of drug-likeness (QED) is 0.778. The Kier molecular flexibility index (Phi) is 2.11. The van der Waals surface area contributed by atoms with E-state index in [0.717, 1.165) is 5.56 Å². The predicted octanol–water partition coefficient (Wildman–Crippen LogP) is 1.74. The number of benzene rings is 1. The number of amides is 1. The number of carbonyl (C=O) groups excluding carboxylic acids is 1. The van der Waals surface area contributed by atoms with Crippen LogP contribution < -0.4 is 5.32 Å². The molecule has 1 aromatic rings. The van der Waals surface area contributed by atoms with Gasteiger partial charge < -0.3 is 5.32 Å². The number of nitrogens with zero attached hydrogens (tertiary/aromatic N) is 3. The van der Waals surface area contributed by atoms with Crippen LogP contribution in [0.15, 0.2) is 51.1 Å². The minimum Gasteiger partial charge on any atom is -0.311 e. The Balaban J connectivity index is 2.13. The first-order chi connectivity index (χ1) is 8.25. The van der Waals surface area contributed by atoms with Gasteiger partial charge in [-0.3, -0.25) is 4.79 Å². The molecule has 2 heterocycles. The summed E-state index contributed by atoms with van der Waals surface area (Å²) in [6, 6.07) is 9.54. The van der Waals surface area contributed by atoms with E-state index in [0.29, 0.717) is 17.1 Å². The van der Waals surface area contributed by atoms with Gasteiger partial charge in [0.05, 0.1) is 5.57 Å². The van der Waals surface area contributed by atoms with E-state index < -0.39 is 6.17 Å². The zero-order chi connectivity index (χ0) is 11.8. The first kappa shape index (κ1) is 9.89. The second-order valence-corrected chi connectivity index (χ2v) is 3.89. The van der Waals surface area contributed by atoms with E-state index in [4.69, 9.17) is 0 Å². The fourth-order valence-electron chi connectivity index (χ4n) is 1.92. The van der Waals surface area contributed by atoms with E-state index in [9.17, 15) is 4.79 Å². The van der Waals surface area contributed by atoms with Gasteiger partial charge in [-0.05, 0) is 6.92 Å². The predicted molar refractivity (Wildman–Crippen MR) is 63.3 cm³/mol. The number of amidine groups is 1. The average Bonchev–Trinajstić information content (AvgIpc) is 2.74. The molecule has 1 N–H and O–H groups in total. The third-order valence-electron chi connectivity index (χ3n) is 2.68. The second kappa shape index (κ2) is 3.62. The third-order valence-corrected chi connectivity index (χ3v) is 2.68. The summed E-state index contributed by atoms with van der Waals surface area (Å²) in [6.07, 6.45) is -0.473. The highest BCUT2D eigenvalue weighted by atomic mass is 16.2. The summed E-state index contributed by atoms with van der Waals surface area (Å²) in [6.45, 7) is 1.74. The molecule has 3 rings (SSSR count). The number of carbonyl (C=O) groups is 1. The van der Waals surface area contributed by atoms with Gasteiger partial charge >= 0.3 is 0 Å². The van der Waals surface area contributed by atoms with Crippen molar-refractivity contribution in [2.75, 3.05) is 0 Å². The van der Waals surface area contributed by atoms with Crippen molar-refractivity contribution in [2.24, 2.45) is 15.2 Å². The van der Waals surface area contributed by atoms with Gasteiger partial charge in [0.2, 0.25) is 0 Å². The van der Waals surface area contributed by atoms with Gasteiger partial charge in [-0.2, -0.15) is 10.2 Å². The maximum Gasteiger partial charge on any atom is 0.258 e. The van der Waals surface area contributed by atoms with Gasteiger partial charge in [-0.25, -0.2) is 4.99 Å². The molecule has 5 heteroatoms. The Bertz CT molecular complexity index is 571. The molecule has 2 aliphatic heterocycles. The molecule has 1 unspecified atom stereocenters. The number of hydrogen-bond acceptors (Lipinski definition) is 4. The zero-order valence-electron chi connectivity index (χ0n) is 9.21. The third kappa shape index (κ3) is 1.56. The van der Waals surface area contributed by atoms with Crippen molar-refractivity contribution in [3.05, 3.63) is 41.5 Å². The fraction of sp³-hybridized carbons (Fsp3) is 0.167. The Labute approximate surface area is 98.0 Å². The molecule has 0 fully saturated rings. The molecule has 84 valence electrons. The largest absolute Gasteiger partial charge is 0.311 e. The molecule has 1 atom stereocenters. The molecule has 0 saturated carbocycles. The molecule has 0 spiro atoms. The lowest BCUT2D eigenvalue weighted by molar-refractivity contribution is -0.116. The SMILES string of the molecule is CC1=NC2N=NC(c3ccccc3)=C2C(=O)N1. The van der Waals surface area contributed by atoms with Crippen LogP contribution in [0, 0.1) is 0 Å². The van der Waals surface area contributed by atoms with Crippen LogP contribution >= 0.6 is 0 Å². The zero-order valence-corrected chi connectivity index (χ0v) is 9.21. The molecular formula is C12H10N4O. The Morgan fingerprint density at radius 3 is 2.76 bits per heavy atom. The fourth-order valence-corrected chi connectivity index (χ4v) is 1.92. The van der Waals surface area contributed by atoms with Crippen LogP contribution in [0.3, 0.4) is 0 Å². The van der Waals surface area contributed by atoms with Crippen molar-refractivity contribution in [2.45, 2.75) is 13.1 Å². The molecule has 0 radical (unpaired) electrons. The van der Waals surface area contributed by atoms with Crippen molar-refractivity contribution in [1.82, 2.24) is 5.32 Å². The summed E-state index contributed by atoms with van der Waals surface area (Å²) in [5.41, 5.74) is 2.03. The van der Waals surface area contributed by atoms with Gasteiger partial charge in [0.25, 0.3) is 5.91 Å². The molecule has 0 saturated heterocycles. The normalized spacial score (nSPS) is 22.3. The Hall–Kier alpha value is -2.30. The van der Waals surface area contributed by atoms with Crippen LogP contribution in [-0.4, -0.2) is 17.9 Å². The smallest absolute Gasteiger partial charge is 0.258 e. The summed E-state index contributed by atoms with van der Waals surface area (Å²) >= 11 is 0. The number of rotatable bonds is 1. The van der Waals surface area contributed by atoms with E-state index >= 15 is 0 Å². The lowest BCUT2D eigenvalue weighted by Crippen LogP contribution is -2.38. The molecule has 2 aliphatic rings. The highest BCUT2D eigenvalue weighted by Gasteiger charge is 2.33. The van der Waals surface area contributed by atoms with Gasteiger partial charge in [0, 0.05) is 5.56 Å². The van der Waals surface area contributed by atoms with Crippen molar-refractivity contribution in [3.8, 4) is 0 Å². The van der Waals surface area contributed by atoms with E-state index in [1.165, 1.54) is 0 Å². The molecule has 0 aliphatic carbocycles. The molecular weight excluding hydrogens is 216 g/mol. The molecule has 0 bridgehead atoms. The van der Waals surface area contributed by atoms with E-state index in [-0.39, 0.29) is 5.91 Å².